The van der Waals surface area contributed by atoms with Gasteiger partial charge in [0.2, 0.25) is 0 Å². The number of anilines is 3. The van der Waals surface area contributed by atoms with Crippen molar-refractivity contribution in [1.29, 1.82) is 0 Å². The molecule has 0 unspecified atom stereocenters. The first-order chi connectivity index (χ1) is 12.5. The maximum atomic E-state index is 13.5. The summed E-state index contributed by atoms with van der Waals surface area (Å²) in [5.41, 5.74) is 2.33. The molecule has 3 aromatic carbocycles. The summed E-state index contributed by atoms with van der Waals surface area (Å²) in [6.07, 6.45) is 0. The van der Waals surface area contributed by atoms with Gasteiger partial charge in [0.25, 0.3) is 10.0 Å². The van der Waals surface area contributed by atoms with Gasteiger partial charge in [0.15, 0.2) is 0 Å². The molecular formula is C20H18N2O2S2. The maximum absolute atomic E-state index is 13.5. The van der Waals surface area contributed by atoms with E-state index in [1.54, 1.807) is 23.9 Å². The van der Waals surface area contributed by atoms with Crippen molar-refractivity contribution in [2.45, 2.75) is 14.7 Å². The van der Waals surface area contributed by atoms with Crippen LogP contribution < -0.4 is 9.21 Å². The normalized spacial score (nSPS) is 13.1. The van der Waals surface area contributed by atoms with Crippen molar-refractivity contribution in [3.05, 3.63) is 72.8 Å². The van der Waals surface area contributed by atoms with Gasteiger partial charge in [0, 0.05) is 29.6 Å². The number of rotatable bonds is 3. The quantitative estimate of drug-likeness (QED) is 0.656. The summed E-state index contributed by atoms with van der Waals surface area (Å²) in [5, 5.41) is 0. The summed E-state index contributed by atoms with van der Waals surface area (Å²) in [5.74, 6) is 0. The van der Waals surface area contributed by atoms with Crippen LogP contribution in [0.15, 0.2) is 87.5 Å². The predicted molar refractivity (Wildman–Crippen MR) is 107 cm³/mol. The lowest BCUT2D eigenvalue weighted by atomic mass is 10.2. The highest BCUT2D eigenvalue weighted by molar-refractivity contribution is 8.00. The average molecular weight is 383 g/mol. The van der Waals surface area contributed by atoms with Crippen LogP contribution in [-0.4, -0.2) is 22.5 Å². The molecule has 26 heavy (non-hydrogen) atoms. The van der Waals surface area contributed by atoms with Gasteiger partial charge in [-0.1, -0.05) is 36.0 Å². The van der Waals surface area contributed by atoms with Crippen LogP contribution in [0.2, 0.25) is 0 Å². The number of hydrogen-bond donors (Lipinski definition) is 0. The second-order valence-electron chi connectivity index (χ2n) is 6.20. The number of nitrogens with zero attached hydrogens (tertiary/aromatic N) is 2. The largest absolute Gasteiger partial charge is 0.378 e. The van der Waals surface area contributed by atoms with Crippen molar-refractivity contribution >= 4 is 38.8 Å². The van der Waals surface area contributed by atoms with Crippen LogP contribution in [-0.2, 0) is 10.0 Å². The minimum Gasteiger partial charge on any atom is -0.378 e. The smallest absolute Gasteiger partial charge is 0.268 e. The van der Waals surface area contributed by atoms with E-state index in [9.17, 15) is 8.42 Å². The van der Waals surface area contributed by atoms with E-state index >= 15 is 0 Å². The van der Waals surface area contributed by atoms with Crippen molar-refractivity contribution in [3.8, 4) is 0 Å². The third-order valence-electron chi connectivity index (χ3n) is 4.28. The Morgan fingerprint density at radius 3 is 1.77 bits per heavy atom. The molecule has 4 rings (SSSR count). The van der Waals surface area contributed by atoms with Gasteiger partial charge in [-0.15, -0.1) is 0 Å². The van der Waals surface area contributed by atoms with Gasteiger partial charge in [-0.2, -0.15) is 0 Å². The summed E-state index contributed by atoms with van der Waals surface area (Å²) in [4.78, 5) is 4.08. The topological polar surface area (TPSA) is 40.6 Å². The Bertz CT molecular complexity index is 1020. The molecule has 0 atom stereocenters. The molecule has 1 aliphatic rings. The van der Waals surface area contributed by atoms with Crippen LogP contribution in [0.1, 0.15) is 0 Å². The highest BCUT2D eigenvalue weighted by Crippen LogP contribution is 2.50. The van der Waals surface area contributed by atoms with E-state index in [0.717, 1.165) is 15.5 Å². The first-order valence-corrected chi connectivity index (χ1v) is 10.4. The van der Waals surface area contributed by atoms with E-state index in [1.165, 1.54) is 4.31 Å². The fraction of sp³-hybridized carbons (Fsp3) is 0.100. The van der Waals surface area contributed by atoms with Crippen molar-refractivity contribution in [1.82, 2.24) is 0 Å². The molecule has 0 spiro atoms. The number of hydrogen-bond acceptors (Lipinski definition) is 4. The van der Waals surface area contributed by atoms with Crippen LogP contribution in [0, 0.1) is 0 Å². The molecule has 132 valence electrons. The highest BCUT2D eigenvalue weighted by Gasteiger charge is 2.33. The van der Waals surface area contributed by atoms with Crippen molar-refractivity contribution in [3.63, 3.8) is 0 Å². The molecule has 0 aliphatic carbocycles. The molecule has 6 heteroatoms. The van der Waals surface area contributed by atoms with Gasteiger partial charge in [-0.05, 0) is 48.5 Å². The van der Waals surface area contributed by atoms with Gasteiger partial charge in [-0.25, -0.2) is 12.7 Å². The molecule has 0 amide bonds. The number of para-hydroxylation sites is 2. The lowest BCUT2D eigenvalue weighted by Gasteiger charge is -2.31. The SMILES string of the molecule is CN(C)c1ccc(S(=O)(=O)N2c3ccccc3Sc3ccccc32)cc1. The molecule has 0 N–H and O–H groups in total. The van der Waals surface area contributed by atoms with Crippen LogP contribution in [0.5, 0.6) is 0 Å². The van der Waals surface area contributed by atoms with E-state index in [1.807, 2.05) is 79.7 Å². The zero-order valence-corrected chi connectivity index (χ0v) is 16.1. The highest BCUT2D eigenvalue weighted by atomic mass is 32.2. The van der Waals surface area contributed by atoms with Crippen molar-refractivity contribution in [2.75, 3.05) is 23.3 Å². The Labute approximate surface area is 158 Å². The van der Waals surface area contributed by atoms with Crippen LogP contribution in [0.25, 0.3) is 0 Å². The molecule has 0 aromatic heterocycles. The molecule has 3 aromatic rings. The monoisotopic (exact) mass is 382 g/mol. The molecule has 0 saturated heterocycles. The molecule has 0 fully saturated rings. The maximum Gasteiger partial charge on any atom is 0.268 e. The van der Waals surface area contributed by atoms with Crippen LogP contribution in [0.4, 0.5) is 17.1 Å². The Kier molecular flexibility index (Phi) is 4.17. The third-order valence-corrected chi connectivity index (χ3v) is 7.15. The van der Waals surface area contributed by atoms with Gasteiger partial charge in [0.1, 0.15) is 0 Å². The molecule has 1 aliphatic heterocycles. The van der Waals surface area contributed by atoms with Gasteiger partial charge >= 0.3 is 0 Å². The van der Waals surface area contributed by atoms with Crippen LogP contribution in [0.3, 0.4) is 0 Å². The zero-order chi connectivity index (χ0) is 18.3. The van der Waals surface area contributed by atoms with E-state index in [2.05, 4.69) is 0 Å². The van der Waals surface area contributed by atoms with Gasteiger partial charge in [-0.3, -0.25) is 0 Å². The lowest BCUT2D eigenvalue weighted by Crippen LogP contribution is -2.28. The molecule has 1 heterocycles. The Morgan fingerprint density at radius 2 is 1.27 bits per heavy atom. The van der Waals surface area contributed by atoms with Gasteiger partial charge in [0.05, 0.1) is 16.3 Å². The van der Waals surface area contributed by atoms with Crippen molar-refractivity contribution in [2.24, 2.45) is 0 Å². The first kappa shape index (κ1) is 17.0. The molecule has 0 bridgehead atoms. The Morgan fingerprint density at radius 1 is 0.769 bits per heavy atom. The molecule has 4 nitrogen and oxygen atoms in total. The predicted octanol–water partition coefficient (Wildman–Crippen LogP) is 4.74. The second-order valence-corrected chi connectivity index (χ2v) is 9.07. The zero-order valence-electron chi connectivity index (χ0n) is 14.5. The standard InChI is InChI=1S/C20H18N2O2S2/c1-21(2)15-11-13-16(14-12-15)26(23,24)22-17-7-3-5-9-19(17)25-20-10-6-4-8-18(20)22/h3-14H,1-2H3. The van der Waals surface area contributed by atoms with E-state index in [4.69, 9.17) is 0 Å². The fourth-order valence-corrected chi connectivity index (χ4v) is 5.65. The summed E-state index contributed by atoms with van der Waals surface area (Å²) in [7, 11) is 0.127. The van der Waals surface area contributed by atoms with Crippen molar-refractivity contribution < 1.29 is 8.42 Å². The van der Waals surface area contributed by atoms with Crippen LogP contribution >= 0.6 is 11.8 Å². The summed E-state index contributed by atoms with van der Waals surface area (Å²) < 4.78 is 28.5. The fourth-order valence-electron chi connectivity index (χ4n) is 2.95. The molecular weight excluding hydrogens is 364 g/mol. The van der Waals surface area contributed by atoms with Gasteiger partial charge < -0.3 is 4.90 Å². The van der Waals surface area contributed by atoms with E-state index < -0.39 is 10.0 Å². The third kappa shape index (κ3) is 2.75. The average Bonchev–Trinajstić information content (AvgIpc) is 2.66. The second kappa shape index (κ2) is 6.37. The summed E-state index contributed by atoms with van der Waals surface area (Å²) in [6.45, 7) is 0. The summed E-state index contributed by atoms with van der Waals surface area (Å²) >= 11 is 1.59. The minimum atomic E-state index is -3.73. The molecule has 0 radical (unpaired) electrons. The number of benzene rings is 3. The van der Waals surface area contributed by atoms with E-state index in [0.29, 0.717) is 11.4 Å². The Balaban J connectivity index is 1.89. The minimum absolute atomic E-state index is 0.277. The number of fused-ring (bicyclic) bond motifs is 2. The Hall–Kier alpha value is -2.44. The number of sulfonamides is 1. The lowest BCUT2D eigenvalue weighted by molar-refractivity contribution is 0.595. The van der Waals surface area contributed by atoms with E-state index in [-0.39, 0.29) is 4.90 Å². The molecule has 0 saturated carbocycles. The first-order valence-electron chi connectivity index (χ1n) is 8.17. The summed E-state index contributed by atoms with van der Waals surface area (Å²) in [6, 6.07) is 22.2.